The summed E-state index contributed by atoms with van der Waals surface area (Å²) in [6.45, 7) is 14.6. The van der Waals surface area contributed by atoms with Crippen molar-refractivity contribution < 1.29 is 0 Å². The first-order valence-corrected chi connectivity index (χ1v) is 8.85. The van der Waals surface area contributed by atoms with Gasteiger partial charge in [-0.2, -0.15) is 0 Å². The molecule has 2 heterocycles. The van der Waals surface area contributed by atoms with Crippen LogP contribution in [0.5, 0.6) is 0 Å². The van der Waals surface area contributed by atoms with Gasteiger partial charge in [0.05, 0.1) is 0 Å². The van der Waals surface area contributed by atoms with Gasteiger partial charge in [-0.25, -0.2) is 0 Å². The van der Waals surface area contributed by atoms with Gasteiger partial charge in [0.25, 0.3) is 0 Å². The Balaban J connectivity index is 1.61. The molecule has 2 fully saturated rings. The Labute approximate surface area is 126 Å². The number of rotatable bonds is 7. The molecule has 1 N–H and O–H groups in total. The molecule has 0 aromatic carbocycles. The van der Waals surface area contributed by atoms with Crippen LogP contribution in [0.4, 0.5) is 0 Å². The predicted molar refractivity (Wildman–Crippen MR) is 87.2 cm³/mol. The molecule has 0 amide bonds. The Hall–Kier alpha value is -0.120. The minimum atomic E-state index is 0.764. The minimum Gasteiger partial charge on any atom is -0.316 e. The fourth-order valence-electron chi connectivity index (χ4n) is 3.68. The van der Waals surface area contributed by atoms with Crippen molar-refractivity contribution in [3.05, 3.63) is 0 Å². The number of hydrogen-bond donors (Lipinski definition) is 1. The predicted octanol–water partition coefficient (Wildman–Crippen LogP) is 2.57. The summed E-state index contributed by atoms with van der Waals surface area (Å²) in [4.78, 5) is 5.48. The molecule has 2 unspecified atom stereocenters. The second-order valence-corrected chi connectivity index (χ2v) is 7.27. The Kier molecular flexibility index (Phi) is 6.79. The second-order valence-electron chi connectivity index (χ2n) is 7.27. The second kappa shape index (κ2) is 8.35. The summed E-state index contributed by atoms with van der Waals surface area (Å²) in [7, 11) is 0. The number of hydrogen-bond acceptors (Lipinski definition) is 3. The Morgan fingerprint density at radius 2 is 1.95 bits per heavy atom. The lowest BCUT2D eigenvalue weighted by Gasteiger charge is -2.46. The lowest BCUT2D eigenvalue weighted by Crippen LogP contribution is -2.56. The highest BCUT2D eigenvalue weighted by Gasteiger charge is 2.30. The van der Waals surface area contributed by atoms with Crippen LogP contribution in [0.15, 0.2) is 0 Å². The summed E-state index contributed by atoms with van der Waals surface area (Å²) in [5.41, 5.74) is 0. The number of nitrogens with one attached hydrogen (secondary N) is 1. The normalized spacial score (nSPS) is 26.7. The lowest BCUT2D eigenvalue weighted by molar-refractivity contribution is 0.0290. The van der Waals surface area contributed by atoms with E-state index >= 15 is 0 Å². The molecule has 2 atom stereocenters. The maximum Gasteiger partial charge on any atom is 0.0223 e. The van der Waals surface area contributed by atoms with Gasteiger partial charge in [0.2, 0.25) is 0 Å². The Bertz CT molecular complexity index is 267. The van der Waals surface area contributed by atoms with Gasteiger partial charge in [0, 0.05) is 31.7 Å². The van der Waals surface area contributed by atoms with Gasteiger partial charge in [-0.1, -0.05) is 20.3 Å². The summed E-state index contributed by atoms with van der Waals surface area (Å²) in [5, 5.41) is 3.56. The van der Waals surface area contributed by atoms with Crippen LogP contribution < -0.4 is 5.32 Å². The molecule has 0 radical (unpaired) electrons. The molecule has 3 nitrogen and oxygen atoms in total. The highest BCUT2D eigenvalue weighted by Crippen LogP contribution is 2.22. The molecule has 118 valence electrons. The molecule has 2 aliphatic heterocycles. The average molecular weight is 281 g/mol. The fourth-order valence-corrected chi connectivity index (χ4v) is 3.68. The Morgan fingerprint density at radius 1 is 1.10 bits per heavy atom. The molecule has 0 aromatic heterocycles. The van der Waals surface area contributed by atoms with E-state index in [2.05, 4.69) is 35.9 Å². The van der Waals surface area contributed by atoms with Gasteiger partial charge in [0.1, 0.15) is 0 Å². The van der Waals surface area contributed by atoms with Gasteiger partial charge in [-0.05, 0) is 58.2 Å². The largest absolute Gasteiger partial charge is 0.316 e. The summed E-state index contributed by atoms with van der Waals surface area (Å²) < 4.78 is 0. The first-order chi connectivity index (χ1) is 9.66. The molecule has 3 heteroatoms. The third kappa shape index (κ3) is 5.01. The smallest absolute Gasteiger partial charge is 0.0223 e. The van der Waals surface area contributed by atoms with E-state index < -0.39 is 0 Å². The van der Waals surface area contributed by atoms with Crippen LogP contribution in [0.3, 0.4) is 0 Å². The van der Waals surface area contributed by atoms with Gasteiger partial charge < -0.3 is 5.32 Å². The average Bonchev–Trinajstić information content (AvgIpc) is 2.46. The zero-order valence-electron chi connectivity index (χ0n) is 13.9. The standard InChI is InChI=1S/C17H35N3/c1-15(2)13-18-9-6-7-16(3)20-12-11-19-10-5-4-8-17(19)14-20/h15-18H,4-14H2,1-3H3. The number of piperidine rings is 1. The van der Waals surface area contributed by atoms with E-state index in [0.717, 1.165) is 24.5 Å². The SMILES string of the molecule is CC(C)CNCCCC(C)N1CCN2CCCCC2C1. The third-order valence-corrected chi connectivity index (χ3v) is 5.02. The number of nitrogens with zero attached hydrogens (tertiary/aromatic N) is 2. The molecule has 2 saturated heterocycles. The van der Waals surface area contributed by atoms with E-state index in [4.69, 9.17) is 0 Å². The molecule has 20 heavy (non-hydrogen) atoms. The maximum absolute atomic E-state index is 3.56. The van der Waals surface area contributed by atoms with Crippen LogP contribution in [0.2, 0.25) is 0 Å². The van der Waals surface area contributed by atoms with Crippen LogP contribution in [0.25, 0.3) is 0 Å². The fraction of sp³-hybridized carbons (Fsp3) is 1.00. The molecule has 0 aliphatic carbocycles. The molecule has 2 rings (SSSR count). The van der Waals surface area contributed by atoms with Gasteiger partial charge in [0.15, 0.2) is 0 Å². The van der Waals surface area contributed by atoms with Crippen molar-refractivity contribution in [3.63, 3.8) is 0 Å². The van der Waals surface area contributed by atoms with E-state index in [-0.39, 0.29) is 0 Å². The molecular weight excluding hydrogens is 246 g/mol. The molecule has 0 bridgehead atoms. The van der Waals surface area contributed by atoms with E-state index in [1.807, 2.05) is 0 Å². The summed E-state index contributed by atoms with van der Waals surface area (Å²) in [6, 6.07) is 1.62. The van der Waals surface area contributed by atoms with Crippen molar-refractivity contribution in [1.82, 2.24) is 15.1 Å². The van der Waals surface area contributed by atoms with E-state index in [0.29, 0.717) is 0 Å². The first-order valence-electron chi connectivity index (χ1n) is 8.85. The lowest BCUT2D eigenvalue weighted by atomic mass is 9.98. The van der Waals surface area contributed by atoms with Crippen LogP contribution in [0, 0.1) is 5.92 Å². The molecule has 0 aromatic rings. The van der Waals surface area contributed by atoms with Crippen molar-refractivity contribution in [2.45, 2.75) is 65.0 Å². The maximum atomic E-state index is 3.56. The molecule has 2 aliphatic rings. The molecule has 0 saturated carbocycles. The zero-order chi connectivity index (χ0) is 14.4. The van der Waals surface area contributed by atoms with Crippen LogP contribution in [-0.4, -0.2) is 61.2 Å². The first kappa shape index (κ1) is 16.3. The van der Waals surface area contributed by atoms with Crippen LogP contribution in [0.1, 0.15) is 52.9 Å². The summed E-state index contributed by atoms with van der Waals surface area (Å²) in [6.07, 6.45) is 6.96. The monoisotopic (exact) mass is 281 g/mol. The molecular formula is C17H35N3. The minimum absolute atomic E-state index is 0.764. The van der Waals surface area contributed by atoms with E-state index in [9.17, 15) is 0 Å². The zero-order valence-corrected chi connectivity index (χ0v) is 13.9. The summed E-state index contributed by atoms with van der Waals surface area (Å²) >= 11 is 0. The van der Waals surface area contributed by atoms with Crippen LogP contribution in [-0.2, 0) is 0 Å². The van der Waals surface area contributed by atoms with Crippen molar-refractivity contribution in [2.24, 2.45) is 5.92 Å². The van der Waals surface area contributed by atoms with Crippen molar-refractivity contribution >= 4 is 0 Å². The van der Waals surface area contributed by atoms with E-state index in [1.54, 1.807) is 0 Å². The number of piperazine rings is 1. The van der Waals surface area contributed by atoms with Crippen molar-refractivity contribution in [3.8, 4) is 0 Å². The van der Waals surface area contributed by atoms with Crippen molar-refractivity contribution in [2.75, 3.05) is 39.3 Å². The van der Waals surface area contributed by atoms with E-state index in [1.165, 1.54) is 64.8 Å². The summed E-state index contributed by atoms with van der Waals surface area (Å²) in [5.74, 6) is 0.770. The molecule has 0 spiro atoms. The topological polar surface area (TPSA) is 18.5 Å². The van der Waals surface area contributed by atoms with Gasteiger partial charge in [-0.15, -0.1) is 0 Å². The van der Waals surface area contributed by atoms with Crippen molar-refractivity contribution in [1.29, 1.82) is 0 Å². The van der Waals surface area contributed by atoms with Gasteiger partial charge >= 0.3 is 0 Å². The highest BCUT2D eigenvalue weighted by atomic mass is 15.3. The third-order valence-electron chi connectivity index (χ3n) is 5.02. The highest BCUT2D eigenvalue weighted by molar-refractivity contribution is 4.86. The quantitative estimate of drug-likeness (QED) is 0.724. The number of fused-ring (bicyclic) bond motifs is 1. The van der Waals surface area contributed by atoms with Crippen LogP contribution >= 0.6 is 0 Å². The Morgan fingerprint density at radius 3 is 2.75 bits per heavy atom. The van der Waals surface area contributed by atoms with Gasteiger partial charge in [-0.3, -0.25) is 9.80 Å².